The van der Waals surface area contributed by atoms with Gasteiger partial charge in [-0.25, -0.2) is 0 Å². The molecular weight excluding hydrogens is 488 g/mol. The number of rotatable bonds is 10. The average Bonchev–Trinajstić information content (AvgIpc) is 2.84. The fraction of sp³-hybridized carbons (Fsp3) is 0.759. The molecule has 0 radical (unpaired) electrons. The molecule has 2 heterocycles. The Hall–Kier alpha value is -1.29. The van der Waals surface area contributed by atoms with E-state index in [0.29, 0.717) is 19.4 Å². The first-order valence-corrected chi connectivity index (χ1v) is 16.7. The number of carbonyl (C=O) groups is 1. The molecular formula is C29H48O7Si. The molecule has 0 aliphatic carbocycles. The first-order chi connectivity index (χ1) is 17.6. The van der Waals surface area contributed by atoms with E-state index in [1.807, 2.05) is 44.2 Å². The molecule has 4 atom stereocenters. The van der Waals surface area contributed by atoms with E-state index in [0.717, 1.165) is 49.4 Å². The van der Waals surface area contributed by atoms with Crippen molar-refractivity contribution in [1.29, 1.82) is 0 Å². The number of aliphatic hydroxyl groups is 1. The number of ether oxygens (including phenoxy) is 4. The molecule has 2 fully saturated rings. The van der Waals surface area contributed by atoms with Gasteiger partial charge in [0.2, 0.25) is 0 Å². The van der Waals surface area contributed by atoms with Crippen LogP contribution < -0.4 is 0 Å². The molecule has 210 valence electrons. The molecule has 8 heteroatoms. The largest absolute Gasteiger partial charge is 0.459 e. The molecule has 3 rings (SSSR count). The van der Waals surface area contributed by atoms with Crippen molar-refractivity contribution >= 4 is 14.3 Å². The lowest BCUT2D eigenvalue weighted by Crippen LogP contribution is -2.52. The molecule has 0 spiro atoms. The van der Waals surface area contributed by atoms with Crippen LogP contribution in [0.5, 0.6) is 0 Å². The average molecular weight is 537 g/mol. The quantitative estimate of drug-likeness (QED) is 0.168. The third kappa shape index (κ3) is 9.44. The molecule has 0 amide bonds. The van der Waals surface area contributed by atoms with Crippen LogP contribution in [0.4, 0.5) is 0 Å². The number of benzene rings is 1. The number of carbonyl (C=O) groups excluding carboxylic acids is 1. The van der Waals surface area contributed by atoms with Crippen LogP contribution in [0.15, 0.2) is 30.3 Å². The molecule has 2 aliphatic rings. The molecule has 1 aromatic rings. The van der Waals surface area contributed by atoms with E-state index in [4.69, 9.17) is 23.4 Å². The lowest BCUT2D eigenvalue weighted by atomic mass is 9.91. The standard InChI is InChI=1S/C29H48O7Si/c1-6-37(7-2,8-3)36-26-17-24-15-12-16-25(33-22-32-21-23-13-10-9-11-14-23)18-28(4,5)35-27(30)20-29(31,19-26)34-24/h9-11,13-14,24-26,31H,6-8,12,15-22H2,1-5H3/t24-,25+,26+,29-/m0/s1. The zero-order chi connectivity index (χ0) is 26.9. The molecule has 1 aromatic carbocycles. The molecule has 37 heavy (non-hydrogen) atoms. The van der Waals surface area contributed by atoms with Gasteiger partial charge in [0.1, 0.15) is 12.4 Å². The summed E-state index contributed by atoms with van der Waals surface area (Å²) in [6.07, 6.45) is 3.44. The summed E-state index contributed by atoms with van der Waals surface area (Å²) >= 11 is 0. The maximum Gasteiger partial charge on any atom is 0.311 e. The van der Waals surface area contributed by atoms with E-state index in [9.17, 15) is 9.90 Å². The molecule has 0 saturated carbocycles. The fourth-order valence-electron chi connectivity index (χ4n) is 5.73. The van der Waals surface area contributed by atoms with Gasteiger partial charge in [-0.15, -0.1) is 0 Å². The van der Waals surface area contributed by atoms with Gasteiger partial charge in [0.05, 0.1) is 31.3 Å². The summed E-state index contributed by atoms with van der Waals surface area (Å²) in [7, 11) is -1.87. The van der Waals surface area contributed by atoms with E-state index in [1.54, 1.807) is 0 Å². The summed E-state index contributed by atoms with van der Waals surface area (Å²) < 4.78 is 30.6. The monoisotopic (exact) mass is 536 g/mol. The maximum absolute atomic E-state index is 12.9. The minimum Gasteiger partial charge on any atom is -0.459 e. The Morgan fingerprint density at radius 1 is 1.03 bits per heavy atom. The van der Waals surface area contributed by atoms with Crippen molar-refractivity contribution in [3.8, 4) is 0 Å². The fourth-order valence-corrected chi connectivity index (χ4v) is 8.61. The Kier molecular flexibility index (Phi) is 11.2. The summed E-state index contributed by atoms with van der Waals surface area (Å²) in [6.45, 7) is 11.1. The van der Waals surface area contributed by atoms with Crippen LogP contribution in [0, 0.1) is 0 Å². The van der Waals surface area contributed by atoms with Gasteiger partial charge in [-0.3, -0.25) is 4.79 Å². The van der Waals surface area contributed by atoms with E-state index < -0.39 is 25.7 Å². The second-order valence-electron chi connectivity index (χ2n) is 11.4. The van der Waals surface area contributed by atoms with Crippen LogP contribution in [-0.2, 0) is 34.8 Å². The summed E-state index contributed by atoms with van der Waals surface area (Å²) in [6, 6.07) is 13.1. The minimum absolute atomic E-state index is 0.113. The summed E-state index contributed by atoms with van der Waals surface area (Å²) in [4.78, 5) is 12.9. The van der Waals surface area contributed by atoms with Crippen LogP contribution in [0.3, 0.4) is 0 Å². The predicted molar refractivity (Wildman–Crippen MR) is 145 cm³/mol. The van der Waals surface area contributed by atoms with Crippen molar-refractivity contribution in [2.75, 3.05) is 6.79 Å². The van der Waals surface area contributed by atoms with Gasteiger partial charge in [0.25, 0.3) is 0 Å². The number of hydrogen-bond acceptors (Lipinski definition) is 7. The van der Waals surface area contributed by atoms with Gasteiger partial charge in [-0.05, 0) is 63.2 Å². The van der Waals surface area contributed by atoms with Crippen molar-refractivity contribution in [1.82, 2.24) is 0 Å². The van der Waals surface area contributed by atoms with Crippen molar-refractivity contribution in [3.05, 3.63) is 35.9 Å². The van der Waals surface area contributed by atoms with Gasteiger partial charge >= 0.3 is 5.97 Å². The Morgan fingerprint density at radius 3 is 2.41 bits per heavy atom. The normalized spacial score (nSPS) is 29.1. The van der Waals surface area contributed by atoms with Crippen LogP contribution in [-0.4, -0.2) is 55.9 Å². The van der Waals surface area contributed by atoms with Crippen LogP contribution in [0.1, 0.15) is 85.1 Å². The SMILES string of the molecule is CC[Si](CC)(CC)O[C@@H]1C[C@@H]2CCC[C@@H](OCOCc3ccccc3)CC(C)(C)OC(=O)C[C@](O)(C1)O2. The number of hydrogen-bond donors (Lipinski definition) is 1. The van der Waals surface area contributed by atoms with Crippen LogP contribution in [0.25, 0.3) is 0 Å². The van der Waals surface area contributed by atoms with Crippen molar-refractivity contribution in [2.45, 2.75) is 134 Å². The predicted octanol–water partition coefficient (Wildman–Crippen LogP) is 6.09. The lowest BCUT2D eigenvalue weighted by molar-refractivity contribution is -0.276. The second-order valence-corrected chi connectivity index (χ2v) is 16.1. The van der Waals surface area contributed by atoms with Gasteiger partial charge in [-0.1, -0.05) is 51.1 Å². The topological polar surface area (TPSA) is 83.5 Å². The van der Waals surface area contributed by atoms with E-state index in [2.05, 4.69) is 20.8 Å². The Balaban J connectivity index is 1.65. The highest BCUT2D eigenvalue weighted by molar-refractivity contribution is 6.73. The van der Waals surface area contributed by atoms with Crippen molar-refractivity contribution < 1.29 is 33.3 Å². The summed E-state index contributed by atoms with van der Waals surface area (Å²) in [5, 5.41) is 11.4. The van der Waals surface area contributed by atoms with Crippen LogP contribution in [0.2, 0.25) is 18.1 Å². The van der Waals surface area contributed by atoms with Crippen molar-refractivity contribution in [3.63, 3.8) is 0 Å². The Morgan fingerprint density at radius 2 is 1.73 bits per heavy atom. The van der Waals surface area contributed by atoms with Crippen molar-refractivity contribution in [2.24, 2.45) is 0 Å². The van der Waals surface area contributed by atoms with Gasteiger partial charge in [0, 0.05) is 12.8 Å². The Labute approximate surface area is 224 Å². The highest BCUT2D eigenvalue weighted by atomic mass is 28.4. The molecule has 2 bridgehead atoms. The van der Waals surface area contributed by atoms with Gasteiger partial charge in [0.15, 0.2) is 14.1 Å². The van der Waals surface area contributed by atoms with Crippen LogP contribution >= 0.6 is 0 Å². The third-order valence-electron chi connectivity index (χ3n) is 7.89. The molecule has 2 aliphatic heterocycles. The van der Waals surface area contributed by atoms with Gasteiger partial charge in [-0.2, -0.15) is 0 Å². The number of cyclic esters (lactones) is 1. The molecule has 2 saturated heterocycles. The smallest absolute Gasteiger partial charge is 0.311 e. The highest BCUT2D eigenvalue weighted by Crippen LogP contribution is 2.38. The first kappa shape index (κ1) is 30.3. The maximum atomic E-state index is 12.9. The molecule has 0 unspecified atom stereocenters. The summed E-state index contributed by atoms with van der Waals surface area (Å²) in [5.41, 5.74) is 0.356. The minimum atomic E-state index is -1.87. The highest BCUT2D eigenvalue weighted by Gasteiger charge is 2.46. The summed E-state index contributed by atoms with van der Waals surface area (Å²) in [5.74, 6) is -2.02. The van der Waals surface area contributed by atoms with E-state index in [-0.39, 0.29) is 31.5 Å². The molecule has 0 aromatic heterocycles. The number of fused-ring (bicyclic) bond motifs is 2. The Bertz CT molecular complexity index is 821. The molecule has 7 nitrogen and oxygen atoms in total. The third-order valence-corrected chi connectivity index (χ3v) is 12.6. The molecule has 1 N–H and O–H groups in total. The van der Waals surface area contributed by atoms with E-state index >= 15 is 0 Å². The second kappa shape index (κ2) is 13.7. The lowest BCUT2D eigenvalue weighted by Gasteiger charge is -2.44. The van der Waals surface area contributed by atoms with Gasteiger partial charge < -0.3 is 28.5 Å². The first-order valence-electron chi connectivity index (χ1n) is 14.1. The zero-order valence-electron chi connectivity index (χ0n) is 23.5. The number of esters is 1. The van der Waals surface area contributed by atoms with E-state index in [1.165, 1.54) is 0 Å². The zero-order valence-corrected chi connectivity index (χ0v) is 24.5.